The van der Waals surface area contributed by atoms with E-state index in [1.807, 2.05) is 0 Å². The zero-order valence-corrected chi connectivity index (χ0v) is 17.6. The van der Waals surface area contributed by atoms with Crippen LogP contribution in [0, 0.1) is 0 Å². The van der Waals surface area contributed by atoms with Gasteiger partial charge in [0.2, 0.25) is 15.9 Å². The van der Waals surface area contributed by atoms with Gasteiger partial charge in [0.05, 0.1) is 15.5 Å². The number of pyridine rings is 1. The normalized spacial score (nSPS) is 15.5. The molecule has 31 heavy (non-hydrogen) atoms. The van der Waals surface area contributed by atoms with E-state index in [1.54, 1.807) is 4.90 Å². The summed E-state index contributed by atoms with van der Waals surface area (Å²) in [7, 11) is -3.78. The summed E-state index contributed by atoms with van der Waals surface area (Å²) < 4.78 is 65.4. The van der Waals surface area contributed by atoms with Crippen LogP contribution in [0.15, 0.2) is 54.1 Å². The predicted octanol–water partition coefficient (Wildman–Crippen LogP) is 3.39. The number of nitrogens with zero attached hydrogens (tertiary/aromatic N) is 3. The van der Waals surface area contributed by atoms with Crippen LogP contribution in [0.1, 0.15) is 5.56 Å². The summed E-state index contributed by atoms with van der Waals surface area (Å²) in [6.45, 7) is 3.98. The average molecular weight is 475 g/mol. The molecule has 0 bridgehead atoms. The van der Waals surface area contributed by atoms with Crippen molar-refractivity contribution < 1.29 is 26.4 Å². The summed E-state index contributed by atoms with van der Waals surface area (Å²) >= 11 is 5.98. The Balaban J connectivity index is 1.68. The number of amides is 1. The third-order valence-electron chi connectivity index (χ3n) is 4.63. The van der Waals surface area contributed by atoms with Gasteiger partial charge >= 0.3 is 6.18 Å². The van der Waals surface area contributed by atoms with Crippen LogP contribution in [0.4, 0.5) is 24.7 Å². The number of carbonyl (C=O) groups excluding carboxylic acids is 1. The van der Waals surface area contributed by atoms with Crippen molar-refractivity contribution in [2.75, 3.05) is 36.4 Å². The molecule has 7 nitrogen and oxygen atoms in total. The molecule has 2 heterocycles. The van der Waals surface area contributed by atoms with E-state index >= 15 is 0 Å². The van der Waals surface area contributed by atoms with Gasteiger partial charge in [0.25, 0.3) is 0 Å². The van der Waals surface area contributed by atoms with Crippen LogP contribution in [0.2, 0.25) is 5.02 Å². The van der Waals surface area contributed by atoms with Gasteiger partial charge in [-0.05, 0) is 36.4 Å². The van der Waals surface area contributed by atoms with Crippen molar-refractivity contribution in [1.82, 2.24) is 9.29 Å². The van der Waals surface area contributed by atoms with E-state index in [9.17, 15) is 26.4 Å². The SMILES string of the molecule is C=CC(=O)Nc1ccc(S(=O)(=O)N2CCN(c3ncc(C(F)(F)F)cc3Cl)CC2)cc1. The molecule has 2 aromatic rings. The molecule has 1 aliphatic heterocycles. The van der Waals surface area contributed by atoms with Gasteiger partial charge in [0, 0.05) is 38.1 Å². The van der Waals surface area contributed by atoms with E-state index in [0.29, 0.717) is 11.9 Å². The number of carbonyl (C=O) groups is 1. The van der Waals surface area contributed by atoms with Crippen molar-refractivity contribution in [1.29, 1.82) is 0 Å². The van der Waals surface area contributed by atoms with Gasteiger partial charge in [-0.25, -0.2) is 13.4 Å². The zero-order valence-electron chi connectivity index (χ0n) is 16.1. The highest BCUT2D eigenvalue weighted by molar-refractivity contribution is 7.89. The number of rotatable bonds is 5. The number of hydrogen-bond acceptors (Lipinski definition) is 5. The van der Waals surface area contributed by atoms with Crippen molar-refractivity contribution in [3.63, 3.8) is 0 Å². The second kappa shape index (κ2) is 8.85. The first-order valence-corrected chi connectivity index (χ1v) is 10.9. The maximum absolute atomic E-state index is 12.9. The molecule has 0 spiro atoms. The van der Waals surface area contributed by atoms with Gasteiger partial charge in [0.1, 0.15) is 5.82 Å². The van der Waals surface area contributed by atoms with Crippen LogP contribution in [-0.4, -0.2) is 49.8 Å². The number of piperazine rings is 1. The fraction of sp³-hybridized carbons (Fsp3) is 0.263. The molecule has 0 aliphatic carbocycles. The van der Waals surface area contributed by atoms with Crippen LogP contribution in [0.25, 0.3) is 0 Å². The number of benzene rings is 1. The summed E-state index contributed by atoms with van der Waals surface area (Å²) in [5, 5.41) is 2.38. The smallest absolute Gasteiger partial charge is 0.353 e. The quantitative estimate of drug-likeness (QED) is 0.672. The summed E-state index contributed by atoms with van der Waals surface area (Å²) in [5.41, 5.74) is -0.521. The molecule has 1 saturated heterocycles. The minimum atomic E-state index is -4.55. The Hall–Kier alpha value is -2.63. The molecule has 0 unspecified atom stereocenters. The van der Waals surface area contributed by atoms with Gasteiger partial charge in [-0.3, -0.25) is 4.79 Å². The molecule has 1 N–H and O–H groups in total. The average Bonchev–Trinajstić information content (AvgIpc) is 2.73. The Bertz CT molecular complexity index is 1080. The molecule has 0 saturated carbocycles. The van der Waals surface area contributed by atoms with Crippen LogP contribution in [0.5, 0.6) is 0 Å². The van der Waals surface area contributed by atoms with Gasteiger partial charge < -0.3 is 10.2 Å². The van der Waals surface area contributed by atoms with E-state index < -0.39 is 27.7 Å². The summed E-state index contributed by atoms with van der Waals surface area (Å²) in [6, 6.07) is 6.51. The van der Waals surface area contributed by atoms with E-state index in [-0.39, 0.29) is 41.9 Å². The van der Waals surface area contributed by atoms with Crippen molar-refractivity contribution in [3.05, 3.63) is 59.8 Å². The van der Waals surface area contributed by atoms with E-state index in [2.05, 4.69) is 16.9 Å². The molecule has 1 fully saturated rings. The second-order valence-electron chi connectivity index (χ2n) is 6.64. The first-order chi connectivity index (χ1) is 14.5. The summed E-state index contributed by atoms with van der Waals surface area (Å²) in [6.07, 6.45) is -2.75. The van der Waals surface area contributed by atoms with Gasteiger partial charge in [-0.2, -0.15) is 17.5 Å². The molecule has 1 amide bonds. The lowest BCUT2D eigenvalue weighted by Gasteiger charge is -2.35. The van der Waals surface area contributed by atoms with E-state index in [4.69, 9.17) is 11.6 Å². The molecule has 0 radical (unpaired) electrons. The molecule has 1 aromatic carbocycles. The summed E-state index contributed by atoms with van der Waals surface area (Å²) in [4.78, 5) is 16.8. The molecule has 3 rings (SSSR count). The third-order valence-corrected chi connectivity index (χ3v) is 6.82. The first-order valence-electron chi connectivity index (χ1n) is 9.03. The number of anilines is 2. The van der Waals surface area contributed by atoms with Crippen LogP contribution in [0.3, 0.4) is 0 Å². The highest BCUT2D eigenvalue weighted by atomic mass is 35.5. The molecule has 166 valence electrons. The van der Waals surface area contributed by atoms with E-state index in [0.717, 1.165) is 12.1 Å². The Morgan fingerprint density at radius 2 is 1.77 bits per heavy atom. The lowest BCUT2D eigenvalue weighted by Crippen LogP contribution is -2.49. The van der Waals surface area contributed by atoms with E-state index in [1.165, 1.54) is 28.6 Å². The van der Waals surface area contributed by atoms with Crippen LogP contribution < -0.4 is 10.2 Å². The van der Waals surface area contributed by atoms with Crippen molar-refractivity contribution in [2.24, 2.45) is 0 Å². The van der Waals surface area contributed by atoms with Crippen molar-refractivity contribution in [3.8, 4) is 0 Å². The van der Waals surface area contributed by atoms with Gasteiger partial charge in [0.15, 0.2) is 0 Å². The topological polar surface area (TPSA) is 82.6 Å². The Kier molecular flexibility index (Phi) is 6.58. The second-order valence-corrected chi connectivity index (χ2v) is 8.98. The number of aromatic nitrogens is 1. The Morgan fingerprint density at radius 3 is 2.29 bits per heavy atom. The third kappa shape index (κ3) is 5.17. The minimum absolute atomic E-state index is 0.0586. The number of alkyl halides is 3. The minimum Gasteiger partial charge on any atom is -0.353 e. The standard InChI is InChI=1S/C19H18ClF3N4O3S/c1-2-17(28)25-14-3-5-15(6-4-14)31(29,30)27-9-7-26(8-10-27)18-16(20)11-13(12-24-18)19(21,22)23/h2-6,11-12H,1,7-10H2,(H,25,28). The van der Waals surface area contributed by atoms with Crippen LogP contribution in [-0.2, 0) is 21.0 Å². The number of sulfonamides is 1. The molecular formula is C19H18ClF3N4O3S. The highest BCUT2D eigenvalue weighted by Gasteiger charge is 2.33. The predicted molar refractivity (Wildman–Crippen MR) is 110 cm³/mol. The molecule has 1 aromatic heterocycles. The number of halogens is 4. The van der Waals surface area contributed by atoms with Crippen molar-refractivity contribution in [2.45, 2.75) is 11.1 Å². The molecule has 1 aliphatic rings. The fourth-order valence-electron chi connectivity index (χ4n) is 3.01. The Labute approximate surface area is 182 Å². The Morgan fingerprint density at radius 1 is 1.16 bits per heavy atom. The lowest BCUT2D eigenvalue weighted by molar-refractivity contribution is -0.137. The monoisotopic (exact) mass is 474 g/mol. The highest BCUT2D eigenvalue weighted by Crippen LogP contribution is 2.34. The maximum Gasteiger partial charge on any atom is 0.417 e. The molecule has 0 atom stereocenters. The van der Waals surface area contributed by atoms with Gasteiger partial charge in [-0.1, -0.05) is 18.2 Å². The van der Waals surface area contributed by atoms with Gasteiger partial charge in [-0.15, -0.1) is 0 Å². The number of nitrogens with one attached hydrogen (secondary N) is 1. The zero-order chi connectivity index (χ0) is 22.8. The largest absolute Gasteiger partial charge is 0.417 e. The molecule has 12 heteroatoms. The fourth-order valence-corrected chi connectivity index (χ4v) is 4.72. The van der Waals surface area contributed by atoms with Crippen LogP contribution >= 0.6 is 11.6 Å². The number of hydrogen-bond donors (Lipinski definition) is 1. The lowest BCUT2D eigenvalue weighted by atomic mass is 10.2. The maximum atomic E-state index is 12.9. The molecular weight excluding hydrogens is 457 g/mol. The summed E-state index contributed by atoms with van der Waals surface area (Å²) in [5.74, 6) is -0.240. The first kappa shape index (κ1) is 23.0. The van der Waals surface area contributed by atoms with Crippen molar-refractivity contribution >= 4 is 39.0 Å².